The molecule has 0 aliphatic heterocycles. The van der Waals surface area contributed by atoms with E-state index in [4.69, 9.17) is 0 Å². The van der Waals surface area contributed by atoms with Crippen LogP contribution >= 0.6 is 15.9 Å². The van der Waals surface area contributed by atoms with Gasteiger partial charge in [-0.2, -0.15) is 0 Å². The SMILES string of the molecule is CCCC(C)NC(=O)CNc1cc(Br)ccc1F. The van der Waals surface area contributed by atoms with Crippen molar-refractivity contribution in [3.8, 4) is 0 Å². The predicted molar refractivity (Wildman–Crippen MR) is 75.1 cm³/mol. The zero-order chi connectivity index (χ0) is 13.5. The van der Waals surface area contributed by atoms with Crippen LogP contribution in [0.1, 0.15) is 26.7 Å². The number of amides is 1. The first kappa shape index (κ1) is 15.0. The van der Waals surface area contributed by atoms with Crippen LogP contribution in [-0.2, 0) is 4.79 Å². The highest BCUT2D eigenvalue weighted by molar-refractivity contribution is 9.10. The molecule has 0 radical (unpaired) electrons. The lowest BCUT2D eigenvalue weighted by Gasteiger charge is -2.13. The van der Waals surface area contributed by atoms with Gasteiger partial charge in [0.2, 0.25) is 5.91 Å². The maximum absolute atomic E-state index is 13.4. The van der Waals surface area contributed by atoms with E-state index in [-0.39, 0.29) is 24.3 Å². The maximum atomic E-state index is 13.4. The molecule has 1 amide bonds. The summed E-state index contributed by atoms with van der Waals surface area (Å²) in [4.78, 5) is 11.6. The Morgan fingerprint density at radius 1 is 1.50 bits per heavy atom. The number of carbonyl (C=O) groups excluding carboxylic acids is 1. The van der Waals surface area contributed by atoms with Crippen molar-refractivity contribution in [1.29, 1.82) is 0 Å². The summed E-state index contributed by atoms with van der Waals surface area (Å²) in [7, 11) is 0. The average molecular weight is 317 g/mol. The van der Waals surface area contributed by atoms with Gasteiger partial charge >= 0.3 is 0 Å². The highest BCUT2D eigenvalue weighted by atomic mass is 79.9. The Labute approximate surface area is 115 Å². The minimum Gasteiger partial charge on any atom is -0.374 e. The van der Waals surface area contributed by atoms with Crippen LogP contribution in [-0.4, -0.2) is 18.5 Å². The Balaban J connectivity index is 2.45. The third-order valence-corrected chi connectivity index (χ3v) is 2.99. The number of carbonyl (C=O) groups is 1. The fraction of sp³-hybridized carbons (Fsp3) is 0.462. The normalized spacial score (nSPS) is 12.0. The van der Waals surface area contributed by atoms with Crippen molar-refractivity contribution < 1.29 is 9.18 Å². The summed E-state index contributed by atoms with van der Waals surface area (Å²) in [6.07, 6.45) is 1.96. The minimum atomic E-state index is -0.368. The molecular formula is C13H18BrFN2O. The fourth-order valence-electron chi connectivity index (χ4n) is 1.64. The van der Waals surface area contributed by atoms with E-state index in [9.17, 15) is 9.18 Å². The second-order valence-corrected chi connectivity index (χ2v) is 5.15. The van der Waals surface area contributed by atoms with E-state index < -0.39 is 0 Å². The molecule has 3 nitrogen and oxygen atoms in total. The van der Waals surface area contributed by atoms with E-state index in [0.29, 0.717) is 5.69 Å². The monoisotopic (exact) mass is 316 g/mol. The summed E-state index contributed by atoms with van der Waals surface area (Å²) in [5.41, 5.74) is 0.322. The van der Waals surface area contributed by atoms with Crippen molar-refractivity contribution in [2.45, 2.75) is 32.7 Å². The van der Waals surface area contributed by atoms with Crippen LogP contribution in [0.15, 0.2) is 22.7 Å². The molecule has 1 aromatic rings. The largest absolute Gasteiger partial charge is 0.374 e. The summed E-state index contributed by atoms with van der Waals surface area (Å²) in [5, 5.41) is 5.63. The molecule has 2 N–H and O–H groups in total. The highest BCUT2D eigenvalue weighted by Gasteiger charge is 2.08. The molecule has 0 bridgehead atoms. The Kier molecular flexibility index (Phi) is 6.12. The third-order valence-electron chi connectivity index (χ3n) is 2.50. The Bertz CT molecular complexity index is 412. The van der Waals surface area contributed by atoms with Crippen LogP contribution in [0, 0.1) is 5.82 Å². The number of hydrogen-bond donors (Lipinski definition) is 2. The summed E-state index contributed by atoms with van der Waals surface area (Å²) >= 11 is 3.26. The van der Waals surface area contributed by atoms with Gasteiger partial charge in [0.1, 0.15) is 5.82 Å². The topological polar surface area (TPSA) is 41.1 Å². The second-order valence-electron chi connectivity index (χ2n) is 4.23. The summed E-state index contributed by atoms with van der Waals surface area (Å²) in [6.45, 7) is 4.10. The van der Waals surface area contributed by atoms with Gasteiger partial charge in [0.05, 0.1) is 12.2 Å². The number of hydrogen-bond acceptors (Lipinski definition) is 2. The average Bonchev–Trinajstić information content (AvgIpc) is 2.30. The van der Waals surface area contributed by atoms with Gasteiger partial charge in [-0.3, -0.25) is 4.79 Å². The zero-order valence-corrected chi connectivity index (χ0v) is 12.2. The number of rotatable bonds is 6. The predicted octanol–water partition coefficient (Wildman–Crippen LogP) is 3.30. The summed E-state index contributed by atoms with van der Waals surface area (Å²) < 4.78 is 14.2. The molecule has 0 fully saturated rings. The Hall–Kier alpha value is -1.10. The molecule has 0 aliphatic carbocycles. The van der Waals surface area contributed by atoms with Crippen molar-refractivity contribution in [2.75, 3.05) is 11.9 Å². The van der Waals surface area contributed by atoms with Crippen LogP contribution in [0.3, 0.4) is 0 Å². The van der Waals surface area contributed by atoms with Crippen LogP contribution in [0.2, 0.25) is 0 Å². The van der Waals surface area contributed by atoms with Crippen molar-refractivity contribution in [3.63, 3.8) is 0 Å². The van der Waals surface area contributed by atoms with Crippen LogP contribution in [0.25, 0.3) is 0 Å². The van der Waals surface area contributed by atoms with E-state index in [2.05, 4.69) is 33.5 Å². The van der Waals surface area contributed by atoms with Crippen LogP contribution < -0.4 is 10.6 Å². The molecule has 1 atom stereocenters. The molecule has 100 valence electrons. The lowest BCUT2D eigenvalue weighted by Crippen LogP contribution is -2.36. The lowest BCUT2D eigenvalue weighted by atomic mass is 10.2. The van der Waals surface area contributed by atoms with Gasteiger partial charge in [-0.05, 0) is 31.5 Å². The van der Waals surface area contributed by atoms with Gasteiger partial charge in [0.15, 0.2) is 0 Å². The second kappa shape index (κ2) is 7.36. The van der Waals surface area contributed by atoms with Gasteiger partial charge in [-0.25, -0.2) is 4.39 Å². The molecule has 5 heteroatoms. The summed E-state index contributed by atoms with van der Waals surface area (Å²) in [6, 6.07) is 4.73. The Morgan fingerprint density at radius 3 is 2.89 bits per heavy atom. The van der Waals surface area contributed by atoms with Crippen molar-refractivity contribution in [3.05, 3.63) is 28.5 Å². The Morgan fingerprint density at radius 2 is 2.22 bits per heavy atom. The molecule has 18 heavy (non-hydrogen) atoms. The van der Waals surface area contributed by atoms with Gasteiger partial charge in [0.25, 0.3) is 0 Å². The van der Waals surface area contributed by atoms with E-state index in [1.807, 2.05) is 6.92 Å². The molecule has 0 spiro atoms. The quantitative estimate of drug-likeness (QED) is 0.845. The molecule has 0 saturated carbocycles. The molecule has 0 aromatic heterocycles. The standard InChI is InChI=1S/C13H18BrFN2O/c1-3-4-9(2)17-13(18)8-16-12-7-10(14)5-6-11(12)15/h5-7,9,16H,3-4,8H2,1-2H3,(H,17,18). The molecule has 1 unspecified atom stereocenters. The van der Waals surface area contributed by atoms with E-state index in [1.165, 1.54) is 6.07 Å². The third kappa shape index (κ3) is 5.04. The molecule has 1 rings (SSSR count). The minimum absolute atomic E-state index is 0.0709. The first-order chi connectivity index (χ1) is 8.52. The number of nitrogens with one attached hydrogen (secondary N) is 2. The van der Waals surface area contributed by atoms with Crippen LogP contribution in [0.5, 0.6) is 0 Å². The first-order valence-corrected chi connectivity index (χ1v) is 6.80. The lowest BCUT2D eigenvalue weighted by molar-refractivity contribution is -0.120. The van der Waals surface area contributed by atoms with Gasteiger partial charge in [0, 0.05) is 10.5 Å². The van der Waals surface area contributed by atoms with Crippen LogP contribution in [0.4, 0.5) is 10.1 Å². The van der Waals surface area contributed by atoms with E-state index in [0.717, 1.165) is 17.3 Å². The van der Waals surface area contributed by atoms with Crippen molar-refractivity contribution >= 4 is 27.5 Å². The smallest absolute Gasteiger partial charge is 0.239 e. The number of anilines is 1. The first-order valence-electron chi connectivity index (χ1n) is 6.01. The number of benzene rings is 1. The van der Waals surface area contributed by atoms with Crippen molar-refractivity contribution in [2.24, 2.45) is 0 Å². The molecule has 0 saturated heterocycles. The summed E-state index contributed by atoms with van der Waals surface area (Å²) in [5.74, 6) is -0.497. The van der Waals surface area contributed by atoms with Crippen molar-refractivity contribution in [1.82, 2.24) is 5.32 Å². The van der Waals surface area contributed by atoms with Gasteiger partial charge in [-0.1, -0.05) is 29.3 Å². The van der Waals surface area contributed by atoms with Gasteiger partial charge in [-0.15, -0.1) is 0 Å². The van der Waals surface area contributed by atoms with E-state index >= 15 is 0 Å². The number of halogens is 2. The molecule has 0 heterocycles. The van der Waals surface area contributed by atoms with Gasteiger partial charge < -0.3 is 10.6 Å². The zero-order valence-electron chi connectivity index (χ0n) is 10.6. The maximum Gasteiger partial charge on any atom is 0.239 e. The molecule has 1 aromatic carbocycles. The molecule has 0 aliphatic rings. The highest BCUT2D eigenvalue weighted by Crippen LogP contribution is 2.19. The molecular weight excluding hydrogens is 299 g/mol. The fourth-order valence-corrected chi connectivity index (χ4v) is 2.00. The van der Waals surface area contributed by atoms with E-state index in [1.54, 1.807) is 12.1 Å².